The summed E-state index contributed by atoms with van der Waals surface area (Å²) in [4.78, 5) is 16.5. The summed E-state index contributed by atoms with van der Waals surface area (Å²) in [6, 6.07) is 11.6. The summed E-state index contributed by atoms with van der Waals surface area (Å²) in [7, 11) is 3.09. The van der Waals surface area contributed by atoms with Gasteiger partial charge < -0.3 is 19.1 Å². The Kier molecular flexibility index (Phi) is 7.37. The van der Waals surface area contributed by atoms with E-state index in [1.54, 1.807) is 44.6 Å². The van der Waals surface area contributed by atoms with Gasteiger partial charge in [0.1, 0.15) is 22.2 Å². The van der Waals surface area contributed by atoms with Gasteiger partial charge in [0.15, 0.2) is 5.82 Å². The van der Waals surface area contributed by atoms with Crippen molar-refractivity contribution in [2.75, 3.05) is 14.2 Å². The number of rotatable bonds is 8. The number of hydrogen-bond acceptors (Lipinski definition) is 6. The van der Waals surface area contributed by atoms with Crippen LogP contribution in [0.3, 0.4) is 0 Å². The number of halogens is 2. The molecule has 0 unspecified atom stereocenters. The third-order valence-corrected chi connectivity index (χ3v) is 6.59. The Labute approximate surface area is 215 Å². The van der Waals surface area contributed by atoms with Crippen LogP contribution < -0.4 is 9.47 Å². The predicted octanol–water partition coefficient (Wildman–Crippen LogP) is 5.91. The molecule has 0 aliphatic rings. The number of ether oxygens (including phenoxy) is 2. The number of carbonyl (C=O) groups is 1. The Morgan fingerprint density at radius 3 is 2.44 bits per heavy atom. The fraction of sp³-hybridized carbons (Fsp3) is 0.160. The normalized spacial score (nSPS) is 11.6. The van der Waals surface area contributed by atoms with E-state index in [4.69, 9.17) is 21.1 Å². The summed E-state index contributed by atoms with van der Waals surface area (Å²) in [5, 5.41) is 17.1. The van der Waals surface area contributed by atoms with E-state index in [0.29, 0.717) is 34.1 Å². The zero-order valence-corrected chi connectivity index (χ0v) is 21.4. The van der Waals surface area contributed by atoms with Crippen LogP contribution in [0.4, 0.5) is 4.39 Å². The quantitative estimate of drug-likeness (QED) is 0.216. The largest absolute Gasteiger partial charge is 0.497 e. The summed E-state index contributed by atoms with van der Waals surface area (Å²) in [5.41, 5.74) is 3.64. The maximum Gasteiger partial charge on any atom is 0.342 e. The number of thioether (sulfide) groups is 1. The topological polar surface area (TPSA) is 102 Å². The van der Waals surface area contributed by atoms with Gasteiger partial charge in [0.05, 0.1) is 19.2 Å². The number of aromatic amines is 1. The molecule has 11 heteroatoms. The van der Waals surface area contributed by atoms with E-state index >= 15 is 0 Å². The lowest BCUT2D eigenvalue weighted by Gasteiger charge is -2.10. The number of carboxylic acids is 1. The smallest absolute Gasteiger partial charge is 0.342 e. The second-order valence-corrected chi connectivity index (χ2v) is 9.16. The second kappa shape index (κ2) is 10.5. The third kappa shape index (κ3) is 5.24. The van der Waals surface area contributed by atoms with Gasteiger partial charge in [-0.1, -0.05) is 11.6 Å². The molecule has 0 atom stereocenters. The molecular weight excluding hydrogens is 507 g/mol. The number of H-pyrrole nitrogens is 1. The van der Waals surface area contributed by atoms with Crippen LogP contribution in [-0.2, 0) is 4.79 Å². The fourth-order valence-corrected chi connectivity index (χ4v) is 4.57. The lowest BCUT2D eigenvalue weighted by molar-refractivity contribution is -0.131. The standard InChI is InChI=1S/C25H22ClFN4O4S/c1-13-7-15(14(2)31(13)17-5-6-21(27)20(26)11-17)10-22(24(32)33)36-25-28-23(29-30-25)16-8-18(34-3)12-19(9-16)35-4/h5-12H,1-4H3,(H,32,33)(H,28,29,30)/b22-10-. The molecular formula is C25H22ClFN4O4S. The number of aromatic nitrogens is 4. The van der Waals surface area contributed by atoms with E-state index in [0.717, 1.165) is 23.1 Å². The number of hydrogen-bond donors (Lipinski definition) is 2. The van der Waals surface area contributed by atoms with Crippen LogP contribution >= 0.6 is 23.4 Å². The molecule has 2 N–H and O–H groups in total. The van der Waals surface area contributed by atoms with Crippen LogP contribution in [0.25, 0.3) is 23.2 Å². The zero-order valence-electron chi connectivity index (χ0n) is 19.8. The molecule has 2 aromatic carbocycles. The number of aryl methyl sites for hydroxylation is 1. The van der Waals surface area contributed by atoms with Crippen molar-refractivity contribution in [2.24, 2.45) is 0 Å². The fourth-order valence-electron chi connectivity index (χ4n) is 3.69. The van der Waals surface area contributed by atoms with Crippen LogP contribution in [0.15, 0.2) is 52.5 Å². The van der Waals surface area contributed by atoms with E-state index in [9.17, 15) is 14.3 Å². The highest BCUT2D eigenvalue weighted by Gasteiger charge is 2.18. The van der Waals surface area contributed by atoms with Gasteiger partial charge in [-0.2, -0.15) is 0 Å². The van der Waals surface area contributed by atoms with Gasteiger partial charge >= 0.3 is 5.97 Å². The van der Waals surface area contributed by atoms with Crippen LogP contribution in [0.5, 0.6) is 11.5 Å². The molecule has 0 aliphatic heterocycles. The highest BCUT2D eigenvalue weighted by Crippen LogP contribution is 2.32. The molecule has 2 aromatic heterocycles. The highest BCUT2D eigenvalue weighted by molar-refractivity contribution is 8.04. The van der Waals surface area contributed by atoms with Gasteiger partial charge in [0.2, 0.25) is 5.16 Å². The van der Waals surface area contributed by atoms with E-state index in [-0.39, 0.29) is 15.1 Å². The number of benzene rings is 2. The third-order valence-electron chi connectivity index (χ3n) is 5.42. The molecule has 8 nitrogen and oxygen atoms in total. The van der Waals surface area contributed by atoms with Crippen molar-refractivity contribution in [1.29, 1.82) is 0 Å². The maximum absolute atomic E-state index is 13.6. The van der Waals surface area contributed by atoms with Crippen LogP contribution in [0.2, 0.25) is 5.02 Å². The summed E-state index contributed by atoms with van der Waals surface area (Å²) in [6.45, 7) is 3.72. The number of aliphatic carboxylic acids is 1. The molecule has 186 valence electrons. The van der Waals surface area contributed by atoms with E-state index in [1.165, 1.54) is 12.1 Å². The maximum atomic E-state index is 13.6. The van der Waals surface area contributed by atoms with Crippen molar-refractivity contribution in [2.45, 2.75) is 19.0 Å². The monoisotopic (exact) mass is 528 g/mol. The Bertz CT molecular complexity index is 1460. The molecule has 2 heterocycles. The number of carboxylic acid groups (broad SMARTS) is 1. The second-order valence-electron chi connectivity index (χ2n) is 7.74. The minimum absolute atomic E-state index is 0.00735. The average Bonchev–Trinajstić information content (AvgIpc) is 3.44. The Morgan fingerprint density at radius 1 is 1.14 bits per heavy atom. The Morgan fingerprint density at radius 2 is 1.83 bits per heavy atom. The molecule has 0 radical (unpaired) electrons. The summed E-state index contributed by atoms with van der Waals surface area (Å²) in [5.74, 6) is -0.0293. The lowest BCUT2D eigenvalue weighted by atomic mass is 10.2. The van der Waals surface area contributed by atoms with Crippen molar-refractivity contribution in [3.8, 4) is 28.6 Å². The van der Waals surface area contributed by atoms with Gasteiger partial charge in [-0.3, -0.25) is 5.10 Å². The summed E-state index contributed by atoms with van der Waals surface area (Å²) in [6.07, 6.45) is 1.56. The van der Waals surface area contributed by atoms with E-state index in [2.05, 4.69) is 15.2 Å². The molecule has 0 aliphatic carbocycles. The van der Waals surface area contributed by atoms with Crippen molar-refractivity contribution in [3.63, 3.8) is 0 Å². The van der Waals surface area contributed by atoms with Gasteiger partial charge in [-0.15, -0.1) is 5.10 Å². The summed E-state index contributed by atoms with van der Waals surface area (Å²) >= 11 is 6.88. The minimum atomic E-state index is -1.12. The first-order valence-electron chi connectivity index (χ1n) is 10.6. The SMILES string of the molecule is COc1cc(OC)cc(-c2nc(S/C(=C\c3cc(C)n(-c4ccc(F)c(Cl)c4)c3C)C(=O)O)n[nH]2)c1. The van der Waals surface area contributed by atoms with Gasteiger partial charge in [-0.05, 0) is 73.6 Å². The molecule has 0 saturated carbocycles. The molecule has 4 aromatic rings. The van der Waals surface area contributed by atoms with Gasteiger partial charge in [-0.25, -0.2) is 14.2 Å². The first kappa shape index (κ1) is 25.3. The highest BCUT2D eigenvalue weighted by atomic mass is 35.5. The summed E-state index contributed by atoms with van der Waals surface area (Å²) < 4.78 is 26.1. The van der Waals surface area contributed by atoms with E-state index < -0.39 is 11.8 Å². The molecule has 0 bridgehead atoms. The number of nitrogens with one attached hydrogen (secondary N) is 1. The molecule has 0 amide bonds. The molecule has 36 heavy (non-hydrogen) atoms. The molecule has 4 rings (SSSR count). The van der Waals surface area contributed by atoms with Crippen molar-refractivity contribution in [3.05, 3.63) is 75.2 Å². The number of methoxy groups -OCH3 is 2. The zero-order chi connectivity index (χ0) is 26.0. The molecule has 0 fully saturated rings. The first-order valence-corrected chi connectivity index (χ1v) is 11.8. The minimum Gasteiger partial charge on any atom is -0.497 e. The predicted molar refractivity (Wildman–Crippen MR) is 137 cm³/mol. The van der Waals surface area contributed by atoms with Gasteiger partial charge in [0, 0.05) is 28.7 Å². The molecule has 0 saturated heterocycles. The van der Waals surface area contributed by atoms with Crippen LogP contribution in [0.1, 0.15) is 17.0 Å². The first-order chi connectivity index (χ1) is 17.2. The average molecular weight is 529 g/mol. The van der Waals surface area contributed by atoms with Crippen molar-refractivity contribution in [1.82, 2.24) is 19.7 Å². The Hall–Kier alpha value is -3.76. The Balaban J connectivity index is 1.65. The number of nitrogens with zero attached hydrogens (tertiary/aromatic N) is 3. The van der Waals surface area contributed by atoms with Crippen molar-refractivity contribution < 1.29 is 23.8 Å². The van der Waals surface area contributed by atoms with Gasteiger partial charge in [0.25, 0.3) is 0 Å². The van der Waals surface area contributed by atoms with E-state index in [1.807, 2.05) is 24.5 Å². The van der Waals surface area contributed by atoms with Crippen LogP contribution in [-0.4, -0.2) is 45.0 Å². The van der Waals surface area contributed by atoms with Crippen molar-refractivity contribution >= 4 is 35.4 Å². The van der Waals surface area contributed by atoms with Crippen LogP contribution in [0, 0.1) is 19.7 Å². The lowest BCUT2D eigenvalue weighted by Crippen LogP contribution is -2.00. The molecule has 0 spiro atoms.